The Morgan fingerprint density at radius 2 is 1.90 bits per heavy atom. The van der Waals surface area contributed by atoms with Crippen molar-refractivity contribution >= 4 is 40.1 Å². The summed E-state index contributed by atoms with van der Waals surface area (Å²) in [7, 11) is 0. The zero-order chi connectivity index (χ0) is 20.5. The van der Waals surface area contributed by atoms with Gasteiger partial charge in [-0.25, -0.2) is 9.38 Å². The molecule has 1 aliphatic heterocycles. The number of aliphatic imine (C=N–C) groups is 1. The highest BCUT2D eigenvalue weighted by atomic mass is 32.2. The van der Waals surface area contributed by atoms with E-state index in [1.165, 1.54) is 41.6 Å². The molecule has 5 nitrogen and oxygen atoms in total. The first kappa shape index (κ1) is 19.6. The van der Waals surface area contributed by atoms with Gasteiger partial charge in [0.25, 0.3) is 0 Å². The molecule has 0 spiro atoms. The second-order valence-corrected chi connectivity index (χ2v) is 8.64. The molecule has 150 valence electrons. The number of amides is 2. The highest BCUT2D eigenvalue weighted by Gasteiger charge is 2.46. The number of carbonyl (C=O) groups excluding carboxylic acids is 2. The van der Waals surface area contributed by atoms with Gasteiger partial charge in [-0.3, -0.25) is 14.5 Å². The molecule has 1 unspecified atom stereocenters. The Morgan fingerprint density at radius 1 is 1.17 bits per heavy atom. The van der Waals surface area contributed by atoms with E-state index in [1.54, 1.807) is 4.90 Å². The highest BCUT2D eigenvalue weighted by molar-refractivity contribution is 8.15. The van der Waals surface area contributed by atoms with E-state index in [1.807, 2.05) is 32.0 Å². The number of nitrogens with one attached hydrogen (secondary N) is 1. The standard InChI is InChI=1S/C22H22FN3O2S/c1-13-3-6-17(11-14(13)2)25-22-26(18-9-10-18)21(28)19(29-22)12-20(27)24-16-7-4-15(23)5-8-16/h3-8,11,18-19H,9-10,12H2,1-2H3,(H,24,27). The molecule has 1 atom stereocenters. The van der Waals surface area contributed by atoms with Crippen LogP contribution in [0.5, 0.6) is 0 Å². The summed E-state index contributed by atoms with van der Waals surface area (Å²) in [4.78, 5) is 31.8. The Bertz CT molecular complexity index is 986. The molecule has 29 heavy (non-hydrogen) atoms. The number of halogens is 1. The number of thioether (sulfide) groups is 1. The lowest BCUT2D eigenvalue weighted by molar-refractivity contribution is -0.128. The van der Waals surface area contributed by atoms with Crippen molar-refractivity contribution in [3.05, 3.63) is 59.4 Å². The van der Waals surface area contributed by atoms with Crippen LogP contribution >= 0.6 is 11.8 Å². The molecular weight excluding hydrogens is 389 g/mol. The van der Waals surface area contributed by atoms with E-state index >= 15 is 0 Å². The molecule has 4 rings (SSSR count). The summed E-state index contributed by atoms with van der Waals surface area (Å²) in [5.74, 6) is -0.697. The van der Waals surface area contributed by atoms with Crippen molar-refractivity contribution in [3.63, 3.8) is 0 Å². The maximum atomic E-state index is 13.0. The van der Waals surface area contributed by atoms with Gasteiger partial charge in [0.15, 0.2) is 5.17 Å². The third kappa shape index (κ3) is 4.50. The van der Waals surface area contributed by atoms with Crippen molar-refractivity contribution in [1.82, 2.24) is 4.90 Å². The normalized spacial score (nSPS) is 20.4. The van der Waals surface area contributed by atoms with Crippen LogP contribution in [0.2, 0.25) is 0 Å². The Kier molecular flexibility index (Phi) is 5.41. The van der Waals surface area contributed by atoms with Gasteiger partial charge in [-0.1, -0.05) is 17.8 Å². The first-order chi connectivity index (χ1) is 13.9. The molecule has 1 heterocycles. The Balaban J connectivity index is 1.49. The topological polar surface area (TPSA) is 61.8 Å². The number of anilines is 1. The zero-order valence-corrected chi connectivity index (χ0v) is 17.1. The number of rotatable bonds is 5. The van der Waals surface area contributed by atoms with Crippen LogP contribution in [0.1, 0.15) is 30.4 Å². The number of benzene rings is 2. The molecule has 7 heteroatoms. The molecule has 2 amide bonds. The van der Waals surface area contributed by atoms with E-state index in [-0.39, 0.29) is 30.1 Å². The van der Waals surface area contributed by atoms with Gasteiger partial charge in [0, 0.05) is 18.2 Å². The predicted molar refractivity (Wildman–Crippen MR) is 114 cm³/mol. The van der Waals surface area contributed by atoms with E-state index < -0.39 is 5.25 Å². The molecule has 1 saturated heterocycles. The van der Waals surface area contributed by atoms with Gasteiger partial charge in [-0.05, 0) is 74.2 Å². The maximum Gasteiger partial charge on any atom is 0.242 e. The van der Waals surface area contributed by atoms with Crippen molar-refractivity contribution < 1.29 is 14.0 Å². The van der Waals surface area contributed by atoms with Crippen molar-refractivity contribution in [1.29, 1.82) is 0 Å². The summed E-state index contributed by atoms with van der Waals surface area (Å²) >= 11 is 1.35. The number of hydrogen-bond acceptors (Lipinski definition) is 4. The van der Waals surface area contributed by atoms with Crippen LogP contribution in [0.3, 0.4) is 0 Å². The van der Waals surface area contributed by atoms with Crippen LogP contribution in [0.15, 0.2) is 47.5 Å². The van der Waals surface area contributed by atoms with Crippen LogP contribution in [0.25, 0.3) is 0 Å². The molecule has 2 aromatic carbocycles. The van der Waals surface area contributed by atoms with Gasteiger partial charge in [0.05, 0.1) is 5.69 Å². The number of carbonyl (C=O) groups is 2. The van der Waals surface area contributed by atoms with E-state index in [2.05, 4.69) is 5.32 Å². The minimum atomic E-state index is -0.499. The lowest BCUT2D eigenvalue weighted by Gasteiger charge is -2.15. The quantitative estimate of drug-likeness (QED) is 0.784. The second kappa shape index (κ2) is 7.99. The second-order valence-electron chi connectivity index (χ2n) is 7.47. The van der Waals surface area contributed by atoms with Crippen LogP contribution < -0.4 is 5.32 Å². The largest absolute Gasteiger partial charge is 0.326 e. The molecule has 1 aliphatic carbocycles. The molecule has 2 aliphatic rings. The molecular formula is C22H22FN3O2S. The minimum Gasteiger partial charge on any atom is -0.326 e. The van der Waals surface area contributed by atoms with Crippen molar-refractivity contribution in [2.45, 2.75) is 44.4 Å². The Labute approximate surface area is 173 Å². The molecule has 0 aromatic heterocycles. The van der Waals surface area contributed by atoms with Crippen molar-refractivity contribution in [2.24, 2.45) is 4.99 Å². The average molecular weight is 412 g/mol. The fourth-order valence-corrected chi connectivity index (χ4v) is 4.40. The van der Waals surface area contributed by atoms with Gasteiger partial charge >= 0.3 is 0 Å². The van der Waals surface area contributed by atoms with Gasteiger partial charge in [-0.15, -0.1) is 0 Å². The predicted octanol–water partition coefficient (Wildman–Crippen LogP) is 4.57. The van der Waals surface area contributed by atoms with Crippen LogP contribution in [-0.2, 0) is 9.59 Å². The van der Waals surface area contributed by atoms with Crippen LogP contribution in [0, 0.1) is 19.7 Å². The van der Waals surface area contributed by atoms with Crippen molar-refractivity contribution in [3.8, 4) is 0 Å². The van der Waals surface area contributed by atoms with Gasteiger partial charge < -0.3 is 5.32 Å². The summed E-state index contributed by atoms with van der Waals surface area (Å²) in [6, 6.07) is 11.7. The molecule has 0 bridgehead atoms. The lowest BCUT2D eigenvalue weighted by atomic mass is 10.1. The summed E-state index contributed by atoms with van der Waals surface area (Å²) in [5.41, 5.74) is 3.66. The monoisotopic (exact) mass is 411 g/mol. The summed E-state index contributed by atoms with van der Waals surface area (Å²) in [5, 5.41) is 2.89. The lowest BCUT2D eigenvalue weighted by Crippen LogP contribution is -2.35. The number of nitrogens with zero attached hydrogens (tertiary/aromatic N) is 2. The fourth-order valence-electron chi connectivity index (χ4n) is 3.18. The Hall–Kier alpha value is -2.67. The maximum absolute atomic E-state index is 13.0. The summed E-state index contributed by atoms with van der Waals surface area (Å²) in [6.45, 7) is 4.08. The first-order valence-corrected chi connectivity index (χ1v) is 10.5. The highest BCUT2D eigenvalue weighted by Crippen LogP contribution is 2.39. The summed E-state index contributed by atoms with van der Waals surface area (Å²) in [6.07, 6.45) is 1.98. The molecule has 1 N–H and O–H groups in total. The Morgan fingerprint density at radius 3 is 2.55 bits per heavy atom. The first-order valence-electron chi connectivity index (χ1n) is 9.62. The molecule has 2 aromatic rings. The minimum absolute atomic E-state index is 0.0516. The average Bonchev–Trinajstić information content (AvgIpc) is 3.46. The SMILES string of the molecule is Cc1ccc(N=C2SC(CC(=O)Nc3ccc(F)cc3)C(=O)N2C2CC2)cc1C. The molecule has 0 radical (unpaired) electrons. The fraction of sp³-hybridized carbons (Fsp3) is 0.318. The zero-order valence-electron chi connectivity index (χ0n) is 16.3. The third-order valence-electron chi connectivity index (χ3n) is 5.09. The third-order valence-corrected chi connectivity index (χ3v) is 6.24. The van der Waals surface area contributed by atoms with Crippen molar-refractivity contribution in [2.75, 3.05) is 5.32 Å². The number of hydrogen-bond donors (Lipinski definition) is 1. The summed E-state index contributed by atoms with van der Waals surface area (Å²) < 4.78 is 13.0. The van der Waals surface area contributed by atoms with Gasteiger partial charge in [-0.2, -0.15) is 0 Å². The smallest absolute Gasteiger partial charge is 0.242 e. The van der Waals surface area contributed by atoms with Crippen LogP contribution in [0.4, 0.5) is 15.8 Å². The van der Waals surface area contributed by atoms with Crippen LogP contribution in [-0.4, -0.2) is 33.2 Å². The van der Waals surface area contributed by atoms with E-state index in [0.29, 0.717) is 10.9 Å². The van der Waals surface area contributed by atoms with E-state index in [0.717, 1.165) is 24.1 Å². The molecule has 1 saturated carbocycles. The van der Waals surface area contributed by atoms with Gasteiger partial charge in [0.1, 0.15) is 11.1 Å². The van der Waals surface area contributed by atoms with E-state index in [4.69, 9.17) is 4.99 Å². The number of aryl methyl sites for hydroxylation is 2. The molecule has 2 fully saturated rings. The van der Waals surface area contributed by atoms with Gasteiger partial charge in [0.2, 0.25) is 11.8 Å². The number of amidine groups is 1. The van der Waals surface area contributed by atoms with E-state index in [9.17, 15) is 14.0 Å².